The van der Waals surface area contributed by atoms with Gasteiger partial charge in [0, 0.05) is 11.8 Å². The summed E-state index contributed by atoms with van der Waals surface area (Å²) in [5.74, 6) is -0.193. The van der Waals surface area contributed by atoms with Crippen molar-refractivity contribution >= 4 is 28.7 Å². The van der Waals surface area contributed by atoms with E-state index in [1.165, 1.54) is 0 Å². The van der Waals surface area contributed by atoms with Crippen molar-refractivity contribution in [1.82, 2.24) is 9.95 Å². The first kappa shape index (κ1) is 10.4. The predicted molar refractivity (Wildman–Crippen MR) is 34.8 cm³/mol. The summed E-state index contributed by atoms with van der Waals surface area (Å²) in [5, 5.41) is 8.84. The molecule has 0 fully saturated rings. The zero-order valence-corrected chi connectivity index (χ0v) is 8.69. The Hall–Kier alpha value is 0.390. The molecular weight excluding hydrogens is 188 g/mol. The number of hydrogen-bond acceptors (Lipinski definition) is 4. The van der Waals surface area contributed by atoms with Crippen molar-refractivity contribution in [3.63, 3.8) is 0 Å². The predicted octanol–water partition coefficient (Wildman–Crippen LogP) is -2.08. The first-order valence-electron chi connectivity index (χ1n) is 2.05. The molecule has 0 saturated heterocycles. The van der Waals surface area contributed by atoms with Gasteiger partial charge in [0.2, 0.25) is 11.2 Å². The van der Waals surface area contributed by atoms with E-state index in [-0.39, 0.29) is 40.7 Å². The van der Waals surface area contributed by atoms with Crippen LogP contribution in [0.5, 0.6) is 0 Å². The molecule has 7 heteroatoms. The smallest absolute Gasteiger partial charge is 0.492 e. The molecule has 0 aromatic heterocycles. The van der Waals surface area contributed by atoms with Crippen LogP contribution in [0.15, 0.2) is 17.1 Å². The van der Waals surface area contributed by atoms with Crippen LogP contribution in [0.2, 0.25) is 0 Å². The second-order valence-corrected chi connectivity index (χ2v) is 2.00. The monoisotopic (exact) mass is 190 g/mol. The fraction of sp³-hybridized carbons (Fsp3) is 0. The topological polar surface area (TPSA) is 47.9 Å². The summed E-state index contributed by atoms with van der Waals surface area (Å²) in [7, 11) is 0. The molecule has 0 saturated carbocycles. The van der Waals surface area contributed by atoms with Gasteiger partial charge < -0.3 is 5.11 Å². The van der Waals surface area contributed by atoms with Gasteiger partial charge in [-0.3, -0.25) is 5.43 Å². The molecule has 0 amide bonds. The second kappa shape index (κ2) is 4.31. The summed E-state index contributed by atoms with van der Waals surface area (Å²) in [6, 6.07) is 0. The van der Waals surface area contributed by atoms with Crippen LogP contribution in [0.25, 0.3) is 0 Å². The molecule has 0 radical (unpaired) electrons. The maximum atomic E-state index is 8.72. The number of nitrogens with one attached hydrogen (secondary N) is 1. The van der Waals surface area contributed by atoms with Gasteiger partial charge in [-0.2, -0.15) is 4.53 Å². The van der Waals surface area contributed by atoms with Crippen molar-refractivity contribution in [2.75, 3.05) is 0 Å². The number of halogens is 2. The number of aliphatic imine (C=N–C) groups is 1. The summed E-state index contributed by atoms with van der Waals surface area (Å²) in [6.07, 6.45) is 1.13. The summed E-state index contributed by atoms with van der Waals surface area (Å²) < 4.78 is 0.829. The Bertz CT molecular complexity index is 183. The minimum absolute atomic E-state index is 0. The normalized spacial score (nSPS) is 16.4. The van der Waals surface area contributed by atoms with Crippen molar-refractivity contribution in [3.05, 3.63) is 12.1 Å². The van der Waals surface area contributed by atoms with Gasteiger partial charge in [0.1, 0.15) is 0 Å². The third-order valence-electron chi connectivity index (χ3n) is 0.685. The Morgan fingerprint density at radius 2 is 2.30 bits per heavy atom. The molecule has 1 heterocycles. The van der Waals surface area contributed by atoms with E-state index in [2.05, 4.69) is 10.4 Å². The molecule has 4 nitrogen and oxygen atoms in total. The molecule has 10 heavy (non-hydrogen) atoms. The summed E-state index contributed by atoms with van der Waals surface area (Å²) in [5.41, 5.74) is 2.32. The largest absolute Gasteiger partial charge is 1.00 e. The standard InChI is InChI=1S/C3H3Cl2N3O.Na/c4-3-6-1-2(9)8(5)7-3;/h1,9H,(H,6,7);/q;+1. The van der Waals surface area contributed by atoms with E-state index < -0.39 is 0 Å². The fourth-order valence-electron chi connectivity index (χ4n) is 0.332. The molecule has 0 atom stereocenters. The van der Waals surface area contributed by atoms with Gasteiger partial charge in [-0.15, -0.1) is 0 Å². The molecule has 0 aromatic carbocycles. The number of aliphatic hydroxyl groups excluding tert-OH is 1. The van der Waals surface area contributed by atoms with E-state index in [1.54, 1.807) is 0 Å². The summed E-state index contributed by atoms with van der Waals surface area (Å²) >= 11 is 10.6. The molecule has 1 rings (SSSR count). The van der Waals surface area contributed by atoms with Gasteiger partial charge in [0.25, 0.3) is 0 Å². The van der Waals surface area contributed by atoms with E-state index >= 15 is 0 Å². The molecular formula is C3H3Cl2N3NaO+. The van der Waals surface area contributed by atoms with Gasteiger partial charge in [-0.1, -0.05) is 0 Å². The second-order valence-electron chi connectivity index (χ2n) is 1.30. The van der Waals surface area contributed by atoms with E-state index in [4.69, 9.17) is 28.5 Å². The molecule has 1 aliphatic heterocycles. The Kier molecular flexibility index (Phi) is 4.47. The molecule has 50 valence electrons. The van der Waals surface area contributed by atoms with E-state index in [1.807, 2.05) is 0 Å². The average molecular weight is 191 g/mol. The number of rotatable bonds is 0. The van der Waals surface area contributed by atoms with E-state index in [0.29, 0.717) is 0 Å². The summed E-state index contributed by atoms with van der Waals surface area (Å²) in [4.78, 5) is 3.49. The minimum Gasteiger partial charge on any atom is -0.492 e. The van der Waals surface area contributed by atoms with Crippen molar-refractivity contribution in [3.8, 4) is 0 Å². The molecule has 0 bridgehead atoms. The first-order chi connectivity index (χ1) is 4.20. The van der Waals surface area contributed by atoms with Crippen LogP contribution in [0.4, 0.5) is 0 Å². The van der Waals surface area contributed by atoms with Crippen LogP contribution >= 0.6 is 23.4 Å². The third kappa shape index (κ3) is 2.56. The van der Waals surface area contributed by atoms with Gasteiger partial charge >= 0.3 is 29.6 Å². The fourth-order valence-corrected chi connectivity index (χ4v) is 0.633. The maximum Gasteiger partial charge on any atom is 1.00 e. The van der Waals surface area contributed by atoms with Crippen molar-refractivity contribution in [2.45, 2.75) is 0 Å². The number of hydrazine groups is 1. The van der Waals surface area contributed by atoms with Crippen LogP contribution in [-0.4, -0.2) is 14.9 Å². The van der Waals surface area contributed by atoms with Crippen LogP contribution in [0, 0.1) is 0 Å². The quantitative estimate of drug-likeness (QED) is 0.262. The van der Waals surface area contributed by atoms with E-state index in [0.717, 1.165) is 10.7 Å². The summed E-state index contributed by atoms with van der Waals surface area (Å²) in [6.45, 7) is 0. The molecule has 1 aliphatic rings. The Morgan fingerprint density at radius 1 is 1.70 bits per heavy atom. The zero-order chi connectivity index (χ0) is 6.85. The van der Waals surface area contributed by atoms with Crippen LogP contribution in [0.1, 0.15) is 0 Å². The SMILES string of the molecule is OC1=CN=C(Cl)NN1Cl.[Na+]. The number of aliphatic hydroxyl groups is 1. The number of amidine groups is 1. The minimum atomic E-state index is -0.193. The van der Waals surface area contributed by atoms with Crippen LogP contribution in [0.3, 0.4) is 0 Å². The third-order valence-corrected chi connectivity index (χ3v) is 1.12. The average Bonchev–Trinajstić information content (AvgIpc) is 1.80. The van der Waals surface area contributed by atoms with Gasteiger partial charge in [-0.25, -0.2) is 4.99 Å². The van der Waals surface area contributed by atoms with Crippen molar-refractivity contribution < 1.29 is 34.7 Å². The van der Waals surface area contributed by atoms with Crippen molar-refractivity contribution in [2.24, 2.45) is 4.99 Å². The van der Waals surface area contributed by atoms with Crippen LogP contribution < -0.4 is 35.0 Å². The van der Waals surface area contributed by atoms with Crippen molar-refractivity contribution in [1.29, 1.82) is 0 Å². The molecule has 0 spiro atoms. The number of hydrogen-bond donors (Lipinski definition) is 2. The Labute approximate surface area is 89.9 Å². The Morgan fingerprint density at radius 3 is 2.70 bits per heavy atom. The Balaban J connectivity index is 0.000000810. The van der Waals surface area contributed by atoms with Crippen LogP contribution in [-0.2, 0) is 0 Å². The first-order valence-corrected chi connectivity index (χ1v) is 2.77. The molecule has 0 aromatic rings. The number of nitrogens with zero attached hydrogens (tertiary/aromatic N) is 2. The van der Waals surface area contributed by atoms with Gasteiger partial charge in [-0.05, 0) is 11.6 Å². The zero-order valence-electron chi connectivity index (χ0n) is 5.17. The van der Waals surface area contributed by atoms with Gasteiger partial charge in [0.05, 0.1) is 6.20 Å². The molecule has 2 N–H and O–H groups in total. The van der Waals surface area contributed by atoms with Gasteiger partial charge in [0.15, 0.2) is 0 Å². The van der Waals surface area contributed by atoms with E-state index in [9.17, 15) is 0 Å². The molecule has 0 unspecified atom stereocenters. The molecule has 0 aliphatic carbocycles. The maximum absolute atomic E-state index is 8.72.